The molecule has 31 heavy (non-hydrogen) atoms. The van der Waals surface area contributed by atoms with Crippen LogP contribution >= 0.6 is 22.9 Å². The monoisotopic (exact) mass is 467 g/mol. The summed E-state index contributed by atoms with van der Waals surface area (Å²) in [5.74, 6) is 0.615. The SMILES string of the molecule is O=[S+]([O-])(c1cccs1)N1CCc2nc(-c3ccc(Cl)cc3)nc(-c3ccccc3)c2C1. The average Bonchev–Trinajstić information content (AvgIpc) is 3.35. The number of rotatable bonds is 4. The minimum absolute atomic E-state index is 0.251. The highest BCUT2D eigenvalue weighted by molar-refractivity contribution is 7.97. The van der Waals surface area contributed by atoms with E-state index >= 15 is 0 Å². The van der Waals surface area contributed by atoms with Crippen molar-refractivity contribution in [3.05, 3.63) is 88.4 Å². The molecule has 0 saturated carbocycles. The second kappa shape index (κ2) is 8.26. The van der Waals surface area contributed by atoms with Crippen molar-refractivity contribution in [1.29, 1.82) is 0 Å². The van der Waals surface area contributed by atoms with E-state index in [0.29, 0.717) is 28.0 Å². The van der Waals surface area contributed by atoms with Crippen LogP contribution in [-0.4, -0.2) is 25.4 Å². The second-order valence-corrected chi connectivity index (χ2v) is 10.8. The van der Waals surface area contributed by atoms with Crippen molar-refractivity contribution in [1.82, 2.24) is 14.3 Å². The molecule has 5 nitrogen and oxygen atoms in total. The van der Waals surface area contributed by atoms with Crippen molar-refractivity contribution in [3.8, 4) is 22.6 Å². The summed E-state index contributed by atoms with van der Waals surface area (Å²) in [5, 5.41) is 2.43. The molecule has 0 aliphatic carbocycles. The maximum absolute atomic E-state index is 13.1. The lowest BCUT2D eigenvalue weighted by molar-refractivity contribution is 0.339. The summed E-state index contributed by atoms with van der Waals surface area (Å²) in [6.07, 6.45) is 0.531. The van der Waals surface area contributed by atoms with Crippen molar-refractivity contribution in [2.75, 3.05) is 6.54 Å². The summed E-state index contributed by atoms with van der Waals surface area (Å²) in [6, 6.07) is 20.7. The molecule has 4 aromatic rings. The van der Waals surface area contributed by atoms with Crippen LogP contribution in [0.15, 0.2) is 76.3 Å². The van der Waals surface area contributed by atoms with Gasteiger partial charge in [0, 0.05) is 34.2 Å². The topological polar surface area (TPSA) is 69.2 Å². The van der Waals surface area contributed by atoms with Crippen molar-refractivity contribution in [2.45, 2.75) is 17.2 Å². The van der Waals surface area contributed by atoms with E-state index in [2.05, 4.69) is 0 Å². The van der Waals surface area contributed by atoms with Crippen molar-refractivity contribution in [2.24, 2.45) is 0 Å². The molecule has 1 aliphatic heterocycles. The summed E-state index contributed by atoms with van der Waals surface area (Å²) < 4.78 is 28.1. The van der Waals surface area contributed by atoms with E-state index in [1.54, 1.807) is 17.5 Å². The molecule has 2 aromatic heterocycles. The summed E-state index contributed by atoms with van der Waals surface area (Å²) in [5.41, 5.74) is 4.32. The number of fused-ring (bicyclic) bond motifs is 1. The minimum Gasteiger partial charge on any atom is -0.592 e. The molecule has 0 radical (unpaired) electrons. The Labute approximate surface area is 190 Å². The van der Waals surface area contributed by atoms with Crippen LogP contribution in [0.1, 0.15) is 11.3 Å². The smallest absolute Gasteiger partial charge is 0.229 e. The van der Waals surface area contributed by atoms with Crippen molar-refractivity contribution >= 4 is 33.3 Å². The fourth-order valence-corrected chi connectivity index (χ4v) is 6.37. The molecule has 0 bridgehead atoms. The highest BCUT2D eigenvalue weighted by Crippen LogP contribution is 2.35. The van der Waals surface area contributed by atoms with Gasteiger partial charge in [-0.3, -0.25) is 0 Å². The fourth-order valence-electron chi connectivity index (χ4n) is 3.69. The van der Waals surface area contributed by atoms with Crippen molar-refractivity contribution < 1.29 is 8.76 Å². The molecule has 8 heteroatoms. The van der Waals surface area contributed by atoms with Crippen LogP contribution in [0.4, 0.5) is 0 Å². The Bertz CT molecular complexity index is 1260. The van der Waals surface area contributed by atoms with Gasteiger partial charge in [0.15, 0.2) is 16.2 Å². The Morgan fingerprint density at radius 3 is 2.45 bits per heavy atom. The van der Waals surface area contributed by atoms with Gasteiger partial charge in [-0.1, -0.05) is 57.5 Å². The van der Waals surface area contributed by atoms with Gasteiger partial charge in [0.2, 0.25) is 4.21 Å². The molecule has 3 heterocycles. The van der Waals surface area contributed by atoms with Gasteiger partial charge >= 0.3 is 0 Å². The standard InChI is InChI=1S/C23H18ClN3O2S2/c24-18-10-8-17(9-11-18)23-25-20-12-13-27(31(28,29)21-7-4-14-30-21)15-19(20)22(26-23)16-5-2-1-3-6-16/h1-11,14H,12-13,15H2. The van der Waals surface area contributed by atoms with Crippen LogP contribution in [0, 0.1) is 0 Å². The first kappa shape index (κ1) is 20.5. The molecular weight excluding hydrogens is 450 g/mol. The Kier molecular flexibility index (Phi) is 5.45. The summed E-state index contributed by atoms with van der Waals surface area (Å²) in [6.45, 7) is 0.638. The van der Waals surface area contributed by atoms with E-state index in [9.17, 15) is 8.76 Å². The van der Waals surface area contributed by atoms with Crippen LogP contribution in [-0.2, 0) is 27.6 Å². The Morgan fingerprint density at radius 1 is 0.968 bits per heavy atom. The Morgan fingerprint density at radius 2 is 1.74 bits per heavy atom. The predicted octanol–water partition coefficient (Wildman–Crippen LogP) is 5.49. The predicted molar refractivity (Wildman–Crippen MR) is 123 cm³/mol. The van der Waals surface area contributed by atoms with E-state index in [-0.39, 0.29) is 6.54 Å². The van der Waals surface area contributed by atoms with Gasteiger partial charge in [-0.25, -0.2) is 9.97 Å². The number of halogens is 1. The van der Waals surface area contributed by atoms with E-state index in [1.807, 2.05) is 54.6 Å². The summed E-state index contributed by atoms with van der Waals surface area (Å²) in [7, 11) is -3.55. The zero-order valence-corrected chi connectivity index (χ0v) is 18.8. The number of sulfonamides is 1. The van der Waals surface area contributed by atoms with Gasteiger partial charge in [-0.2, -0.15) is 0 Å². The van der Waals surface area contributed by atoms with Gasteiger partial charge < -0.3 is 4.55 Å². The van der Waals surface area contributed by atoms with Gasteiger partial charge in [0.25, 0.3) is 0 Å². The minimum atomic E-state index is -3.55. The first-order valence-corrected chi connectivity index (χ1v) is 12.5. The largest absolute Gasteiger partial charge is 0.592 e. The molecule has 1 atom stereocenters. The van der Waals surface area contributed by atoms with Gasteiger partial charge in [0.1, 0.15) is 0 Å². The number of nitrogens with zero attached hydrogens (tertiary/aromatic N) is 3. The first-order chi connectivity index (χ1) is 15.0. The van der Waals surface area contributed by atoms with Gasteiger partial charge in [-0.05, 0) is 35.7 Å². The second-order valence-electron chi connectivity index (χ2n) is 7.21. The quantitative estimate of drug-likeness (QED) is 0.372. The van der Waals surface area contributed by atoms with Crippen LogP contribution in [0.3, 0.4) is 0 Å². The molecule has 5 rings (SSSR count). The maximum Gasteiger partial charge on any atom is 0.229 e. The molecule has 0 amide bonds. The lowest BCUT2D eigenvalue weighted by atomic mass is 9.99. The maximum atomic E-state index is 13.1. The lowest BCUT2D eigenvalue weighted by Crippen LogP contribution is -2.40. The molecule has 0 spiro atoms. The molecule has 0 N–H and O–H groups in total. The van der Waals surface area contributed by atoms with Gasteiger partial charge in [-0.15, -0.1) is 4.31 Å². The molecule has 2 aromatic carbocycles. The molecule has 156 valence electrons. The van der Waals surface area contributed by atoms with E-state index in [1.165, 1.54) is 15.6 Å². The van der Waals surface area contributed by atoms with Crippen molar-refractivity contribution in [3.63, 3.8) is 0 Å². The Balaban J connectivity index is 1.61. The number of aromatic nitrogens is 2. The lowest BCUT2D eigenvalue weighted by Gasteiger charge is -2.31. The number of thiophene rings is 1. The zero-order valence-electron chi connectivity index (χ0n) is 16.4. The highest BCUT2D eigenvalue weighted by atomic mass is 35.5. The number of hydrogen-bond acceptors (Lipinski definition) is 5. The van der Waals surface area contributed by atoms with E-state index in [4.69, 9.17) is 21.6 Å². The van der Waals surface area contributed by atoms with Gasteiger partial charge in [0.05, 0.1) is 24.5 Å². The van der Waals surface area contributed by atoms with Crippen LogP contribution in [0.5, 0.6) is 0 Å². The fraction of sp³-hybridized carbons (Fsp3) is 0.130. The Hall–Kier alpha value is -2.42. The first-order valence-electron chi connectivity index (χ1n) is 9.77. The normalized spacial score (nSPS) is 15.9. The third-order valence-electron chi connectivity index (χ3n) is 5.26. The molecule has 0 saturated heterocycles. The molecular formula is C23H18ClN3O2S2. The third kappa shape index (κ3) is 3.95. The zero-order chi connectivity index (χ0) is 21.4. The summed E-state index contributed by atoms with van der Waals surface area (Å²) >= 11 is 7.27. The van der Waals surface area contributed by atoms with E-state index < -0.39 is 10.4 Å². The highest BCUT2D eigenvalue weighted by Gasteiger charge is 2.36. The van der Waals surface area contributed by atoms with Crippen LogP contribution < -0.4 is 0 Å². The molecule has 1 unspecified atom stereocenters. The van der Waals surface area contributed by atoms with Crippen LogP contribution in [0.25, 0.3) is 22.6 Å². The van der Waals surface area contributed by atoms with Crippen LogP contribution in [0.2, 0.25) is 5.02 Å². The molecule has 0 fully saturated rings. The van der Waals surface area contributed by atoms with E-state index in [0.717, 1.165) is 28.1 Å². The third-order valence-corrected chi connectivity index (χ3v) is 8.73. The number of hydrogen-bond donors (Lipinski definition) is 0. The number of benzene rings is 2. The average molecular weight is 468 g/mol. The summed E-state index contributed by atoms with van der Waals surface area (Å²) in [4.78, 5) is 9.67. The molecule has 1 aliphatic rings.